The van der Waals surface area contributed by atoms with Gasteiger partial charge in [0.25, 0.3) is 0 Å². The first-order valence-electron chi connectivity index (χ1n) is 8.75. The summed E-state index contributed by atoms with van der Waals surface area (Å²) in [4.78, 5) is 43.8. The van der Waals surface area contributed by atoms with Crippen LogP contribution in [-0.4, -0.2) is 39.8 Å². The lowest BCUT2D eigenvalue weighted by Crippen LogP contribution is -2.01. The predicted octanol–water partition coefficient (Wildman–Crippen LogP) is 2.80. The van der Waals surface area contributed by atoms with Gasteiger partial charge in [0.15, 0.2) is 0 Å². The Kier molecular flexibility index (Phi) is 9.56. The minimum absolute atomic E-state index is 0.208. The third kappa shape index (κ3) is 8.31. The largest absolute Gasteiger partial charge is 0.506 e. The summed E-state index contributed by atoms with van der Waals surface area (Å²) in [7, 11) is -6.83. The molecule has 2 aromatic rings. The smallest absolute Gasteiger partial charge is 0.469 e. The molecule has 0 unspecified atom stereocenters. The van der Waals surface area contributed by atoms with E-state index in [0.29, 0.717) is 22.6 Å². The SMILES string of the molecule is Cc1ncc(CSSCc2cnc(C)c(O)c2COP(=O)(O)O)c(COP(=O)(O)O)c1O. The van der Waals surface area contributed by atoms with E-state index in [2.05, 4.69) is 19.0 Å². The second-order valence-corrected chi connectivity index (χ2v) is 11.4. The standard InChI is InChI=1S/C16H22N2O10P2S2/c1-9-15(19)13(5-27-29(21,22)23)11(3-17-9)7-31-32-8-12-4-18-10(2)16(20)14(12)6-28-30(24,25)26/h3-4,19-20H,5-8H2,1-2H3,(H2,21,22,23)(H2,24,25,26). The summed E-state index contributed by atoms with van der Waals surface area (Å²) in [5, 5.41) is 20.4. The number of pyridine rings is 2. The van der Waals surface area contributed by atoms with Gasteiger partial charge in [-0.25, -0.2) is 9.13 Å². The highest BCUT2D eigenvalue weighted by Gasteiger charge is 2.20. The summed E-state index contributed by atoms with van der Waals surface area (Å²) in [5.74, 6) is 0.160. The van der Waals surface area contributed by atoms with Gasteiger partial charge in [0.2, 0.25) is 0 Å². The van der Waals surface area contributed by atoms with Crippen LogP contribution in [0.4, 0.5) is 0 Å². The molecule has 0 spiro atoms. The molecule has 16 heteroatoms. The predicted molar refractivity (Wildman–Crippen MR) is 118 cm³/mol. The highest BCUT2D eigenvalue weighted by atomic mass is 33.1. The number of hydrogen-bond acceptors (Lipinski definition) is 10. The maximum absolute atomic E-state index is 11.0. The van der Waals surface area contributed by atoms with Crippen molar-refractivity contribution in [1.82, 2.24) is 9.97 Å². The molecule has 0 aliphatic rings. The van der Waals surface area contributed by atoms with Crippen LogP contribution in [0, 0.1) is 13.8 Å². The van der Waals surface area contributed by atoms with Crippen molar-refractivity contribution in [3.05, 3.63) is 46.0 Å². The molecule has 0 fully saturated rings. The van der Waals surface area contributed by atoms with Crippen LogP contribution in [0.15, 0.2) is 12.4 Å². The summed E-state index contributed by atoms with van der Waals surface area (Å²) in [6.45, 7) is 2.08. The van der Waals surface area contributed by atoms with Crippen molar-refractivity contribution < 1.29 is 48.0 Å². The van der Waals surface area contributed by atoms with Gasteiger partial charge in [-0.15, -0.1) is 0 Å². The third-order valence-electron chi connectivity index (χ3n) is 4.13. The first-order valence-corrected chi connectivity index (χ1v) is 14.3. The second kappa shape index (κ2) is 11.3. The molecule has 32 heavy (non-hydrogen) atoms. The Balaban J connectivity index is 2.08. The summed E-state index contributed by atoms with van der Waals surface area (Å²) in [6, 6.07) is 0. The molecular weight excluding hydrogens is 506 g/mol. The van der Waals surface area contributed by atoms with E-state index in [1.165, 1.54) is 34.0 Å². The van der Waals surface area contributed by atoms with Crippen molar-refractivity contribution in [2.24, 2.45) is 0 Å². The van der Waals surface area contributed by atoms with Crippen molar-refractivity contribution in [2.75, 3.05) is 0 Å². The van der Waals surface area contributed by atoms with Crippen molar-refractivity contribution in [3.63, 3.8) is 0 Å². The van der Waals surface area contributed by atoms with Crippen LogP contribution in [-0.2, 0) is 42.9 Å². The number of aromatic hydroxyl groups is 2. The highest BCUT2D eigenvalue weighted by molar-refractivity contribution is 8.76. The molecule has 0 amide bonds. The molecular formula is C16H22N2O10P2S2. The molecule has 12 nitrogen and oxygen atoms in total. The number of phosphoric ester groups is 2. The molecule has 0 aromatic carbocycles. The van der Waals surface area contributed by atoms with E-state index in [4.69, 9.17) is 19.6 Å². The summed E-state index contributed by atoms with van der Waals surface area (Å²) < 4.78 is 31.0. The second-order valence-electron chi connectivity index (χ2n) is 6.44. The minimum Gasteiger partial charge on any atom is -0.506 e. The van der Waals surface area contributed by atoms with Crippen LogP contribution in [0.25, 0.3) is 0 Å². The van der Waals surface area contributed by atoms with Crippen LogP contribution in [0.2, 0.25) is 0 Å². The fourth-order valence-corrected chi connectivity index (χ4v) is 5.22. The lowest BCUT2D eigenvalue weighted by Gasteiger charge is -2.14. The van der Waals surface area contributed by atoms with Crippen molar-refractivity contribution in [1.29, 1.82) is 0 Å². The zero-order chi connectivity index (χ0) is 24.1. The Morgan fingerprint density at radius 3 is 1.44 bits per heavy atom. The lowest BCUT2D eigenvalue weighted by molar-refractivity contribution is 0.185. The molecule has 6 N–H and O–H groups in total. The molecule has 0 saturated carbocycles. The van der Waals surface area contributed by atoms with Crippen LogP contribution in [0.1, 0.15) is 33.6 Å². The van der Waals surface area contributed by atoms with Gasteiger partial charge in [0.1, 0.15) is 11.5 Å². The quantitative estimate of drug-likeness (QED) is 0.141. The van der Waals surface area contributed by atoms with E-state index >= 15 is 0 Å². The molecule has 0 saturated heterocycles. The zero-order valence-electron chi connectivity index (χ0n) is 16.9. The highest BCUT2D eigenvalue weighted by Crippen LogP contribution is 2.41. The molecule has 0 bridgehead atoms. The topological polar surface area (TPSA) is 200 Å². The lowest BCUT2D eigenvalue weighted by atomic mass is 10.1. The van der Waals surface area contributed by atoms with Crippen molar-refractivity contribution >= 4 is 37.2 Å². The zero-order valence-corrected chi connectivity index (χ0v) is 20.3. The van der Waals surface area contributed by atoms with Gasteiger partial charge in [-0.05, 0) is 25.0 Å². The first kappa shape index (κ1) is 27.1. The van der Waals surface area contributed by atoms with E-state index in [0.717, 1.165) is 0 Å². The van der Waals surface area contributed by atoms with Crippen LogP contribution in [0.3, 0.4) is 0 Å². The molecule has 0 radical (unpaired) electrons. The average molecular weight is 528 g/mol. The van der Waals surface area contributed by atoms with E-state index in [9.17, 15) is 19.3 Å². The molecule has 2 rings (SSSR count). The number of aryl methyl sites for hydroxylation is 2. The molecule has 2 heterocycles. The third-order valence-corrected chi connectivity index (χ3v) is 7.29. The van der Waals surface area contributed by atoms with E-state index in [1.54, 1.807) is 13.8 Å². The monoisotopic (exact) mass is 528 g/mol. The van der Waals surface area contributed by atoms with Crippen LogP contribution < -0.4 is 0 Å². The normalized spacial score (nSPS) is 12.3. The molecule has 0 aliphatic carbocycles. The Morgan fingerprint density at radius 2 is 1.12 bits per heavy atom. The van der Waals surface area contributed by atoms with Crippen LogP contribution in [0.5, 0.6) is 11.5 Å². The molecule has 2 aromatic heterocycles. The van der Waals surface area contributed by atoms with Crippen molar-refractivity contribution in [2.45, 2.75) is 38.6 Å². The number of nitrogens with zero attached hydrogens (tertiary/aromatic N) is 2. The Labute approximate surface area is 191 Å². The van der Waals surface area contributed by atoms with Gasteiger partial charge in [-0.1, -0.05) is 21.6 Å². The fourth-order valence-electron chi connectivity index (χ4n) is 2.45. The maximum Gasteiger partial charge on any atom is 0.469 e. The fraction of sp³-hybridized carbons (Fsp3) is 0.375. The van der Waals surface area contributed by atoms with Gasteiger partial charge < -0.3 is 29.8 Å². The van der Waals surface area contributed by atoms with E-state index < -0.39 is 28.9 Å². The molecule has 178 valence electrons. The first-order chi connectivity index (χ1) is 14.8. The Hall–Kier alpha value is -1.18. The summed E-state index contributed by atoms with van der Waals surface area (Å²) in [6.07, 6.45) is 2.94. The number of hydrogen-bond donors (Lipinski definition) is 6. The number of rotatable bonds is 11. The Morgan fingerprint density at radius 1 is 0.781 bits per heavy atom. The summed E-state index contributed by atoms with van der Waals surface area (Å²) >= 11 is 0. The van der Waals surface area contributed by atoms with Gasteiger partial charge >= 0.3 is 15.6 Å². The number of aromatic nitrogens is 2. The average Bonchev–Trinajstić information content (AvgIpc) is 2.67. The summed E-state index contributed by atoms with van der Waals surface area (Å²) in [5.41, 5.74) is 2.00. The van der Waals surface area contributed by atoms with Gasteiger partial charge in [-0.2, -0.15) is 0 Å². The minimum atomic E-state index is -4.73. The van der Waals surface area contributed by atoms with Gasteiger partial charge in [0.05, 0.1) is 24.6 Å². The maximum atomic E-state index is 11.0. The molecule has 0 aliphatic heterocycles. The number of phosphoric acid groups is 2. The van der Waals surface area contributed by atoms with E-state index in [1.807, 2.05) is 0 Å². The van der Waals surface area contributed by atoms with Gasteiger partial charge in [-0.3, -0.25) is 19.0 Å². The van der Waals surface area contributed by atoms with Gasteiger partial charge in [0, 0.05) is 35.0 Å². The van der Waals surface area contributed by atoms with Crippen LogP contribution >= 0.6 is 37.2 Å². The molecule has 0 atom stereocenters. The Bertz CT molecular complexity index is 976. The van der Waals surface area contributed by atoms with E-state index in [-0.39, 0.29) is 34.0 Å². The van der Waals surface area contributed by atoms with Crippen molar-refractivity contribution in [3.8, 4) is 11.5 Å².